The van der Waals surface area contributed by atoms with Crippen LogP contribution < -0.4 is 4.90 Å². The van der Waals surface area contributed by atoms with Crippen molar-refractivity contribution < 1.29 is 9.59 Å². The molecule has 4 rings (SSSR count). The van der Waals surface area contributed by atoms with Crippen LogP contribution in [0.25, 0.3) is 5.57 Å². The summed E-state index contributed by atoms with van der Waals surface area (Å²) < 4.78 is 0. The molecule has 0 bridgehead atoms. The molecule has 0 saturated heterocycles. The van der Waals surface area contributed by atoms with Crippen LogP contribution in [0.5, 0.6) is 0 Å². The monoisotopic (exact) mass is 433 g/mol. The predicted molar refractivity (Wildman–Crippen MR) is 124 cm³/mol. The molecule has 1 aliphatic heterocycles. The first-order chi connectivity index (χ1) is 14.3. The van der Waals surface area contributed by atoms with Crippen molar-refractivity contribution in [3.63, 3.8) is 0 Å². The smallest absolute Gasteiger partial charge is 0.268 e. The average molecular weight is 434 g/mol. The van der Waals surface area contributed by atoms with Gasteiger partial charge in [-0.3, -0.25) is 9.59 Å². The molecule has 3 aromatic rings. The van der Waals surface area contributed by atoms with Crippen molar-refractivity contribution in [1.82, 2.24) is 0 Å². The molecule has 0 aromatic heterocycles. The van der Waals surface area contributed by atoms with Crippen LogP contribution in [0.15, 0.2) is 76.5 Å². The van der Waals surface area contributed by atoms with Crippen LogP contribution in [0.1, 0.15) is 22.3 Å². The van der Waals surface area contributed by atoms with E-state index in [1.807, 2.05) is 75.4 Å². The Kier molecular flexibility index (Phi) is 5.54. The van der Waals surface area contributed by atoms with Crippen LogP contribution in [-0.2, 0) is 9.59 Å². The molecular weight excluding hydrogens is 414 g/mol. The van der Waals surface area contributed by atoms with E-state index in [1.165, 1.54) is 16.7 Å². The Morgan fingerprint density at radius 1 is 0.767 bits per heavy atom. The minimum Gasteiger partial charge on any atom is -0.268 e. The lowest BCUT2D eigenvalue weighted by molar-refractivity contribution is -0.119. The van der Waals surface area contributed by atoms with Gasteiger partial charge >= 0.3 is 0 Å². The molecule has 3 aromatic carbocycles. The fourth-order valence-electron chi connectivity index (χ4n) is 3.47. The number of halogens is 1. The SMILES string of the molecule is Cc1ccc(C2=C(Sc3ccc(Cl)cc3)C(=O)N(c3ccc(C)cc3C)C2=O)cc1. The molecule has 3 nitrogen and oxygen atoms in total. The van der Waals surface area contributed by atoms with Crippen LogP contribution in [0.3, 0.4) is 0 Å². The number of thioether (sulfide) groups is 1. The number of carbonyl (C=O) groups is 2. The molecule has 150 valence electrons. The van der Waals surface area contributed by atoms with Crippen molar-refractivity contribution in [3.8, 4) is 0 Å². The van der Waals surface area contributed by atoms with E-state index in [4.69, 9.17) is 11.6 Å². The Labute approximate surface area is 185 Å². The quantitative estimate of drug-likeness (QED) is 0.450. The first-order valence-corrected chi connectivity index (χ1v) is 10.8. The highest BCUT2D eigenvalue weighted by molar-refractivity contribution is 8.04. The zero-order valence-corrected chi connectivity index (χ0v) is 18.5. The van der Waals surface area contributed by atoms with E-state index in [-0.39, 0.29) is 11.8 Å². The van der Waals surface area contributed by atoms with Crippen molar-refractivity contribution >= 4 is 46.4 Å². The van der Waals surface area contributed by atoms with Crippen LogP contribution >= 0.6 is 23.4 Å². The average Bonchev–Trinajstić information content (AvgIpc) is 2.95. The van der Waals surface area contributed by atoms with Crippen molar-refractivity contribution in [1.29, 1.82) is 0 Å². The molecule has 0 radical (unpaired) electrons. The Bertz CT molecular complexity index is 1180. The number of rotatable bonds is 4. The number of imide groups is 1. The second kappa shape index (κ2) is 8.13. The Hall–Kier alpha value is -2.82. The third kappa shape index (κ3) is 3.81. The number of nitrogens with zero attached hydrogens (tertiary/aromatic N) is 1. The lowest BCUT2D eigenvalue weighted by Gasteiger charge is -2.18. The second-order valence-corrected chi connectivity index (χ2v) is 8.88. The topological polar surface area (TPSA) is 37.4 Å². The summed E-state index contributed by atoms with van der Waals surface area (Å²) in [4.78, 5) is 29.5. The van der Waals surface area contributed by atoms with Crippen molar-refractivity contribution in [2.24, 2.45) is 0 Å². The summed E-state index contributed by atoms with van der Waals surface area (Å²) in [5, 5.41) is 0.623. The molecule has 1 heterocycles. The summed E-state index contributed by atoms with van der Waals surface area (Å²) in [6, 6.07) is 20.7. The summed E-state index contributed by atoms with van der Waals surface area (Å²) in [6.45, 7) is 5.89. The number of hydrogen-bond acceptors (Lipinski definition) is 3. The van der Waals surface area contributed by atoms with Gasteiger partial charge in [-0.2, -0.15) is 0 Å². The summed E-state index contributed by atoms with van der Waals surface area (Å²) >= 11 is 7.30. The summed E-state index contributed by atoms with van der Waals surface area (Å²) in [7, 11) is 0. The number of carbonyl (C=O) groups excluding carboxylic acids is 2. The van der Waals surface area contributed by atoms with Gasteiger partial charge in [-0.1, -0.05) is 70.9 Å². The highest BCUT2D eigenvalue weighted by atomic mass is 35.5. The van der Waals surface area contributed by atoms with E-state index >= 15 is 0 Å². The molecule has 0 unspecified atom stereocenters. The number of aryl methyl sites for hydroxylation is 3. The van der Waals surface area contributed by atoms with Gasteiger partial charge in [0.1, 0.15) is 0 Å². The molecule has 30 heavy (non-hydrogen) atoms. The molecule has 1 aliphatic rings. The molecule has 5 heteroatoms. The normalized spacial score (nSPS) is 14.1. The van der Waals surface area contributed by atoms with Gasteiger partial charge in [-0.15, -0.1) is 0 Å². The summed E-state index contributed by atoms with van der Waals surface area (Å²) in [5.41, 5.74) is 4.85. The lowest BCUT2D eigenvalue weighted by Crippen LogP contribution is -2.31. The van der Waals surface area contributed by atoms with Gasteiger partial charge in [0.2, 0.25) is 0 Å². The second-order valence-electron chi connectivity index (χ2n) is 7.36. The number of anilines is 1. The zero-order valence-electron chi connectivity index (χ0n) is 16.9. The van der Waals surface area contributed by atoms with E-state index < -0.39 is 0 Å². The third-order valence-electron chi connectivity index (χ3n) is 5.01. The van der Waals surface area contributed by atoms with Crippen molar-refractivity contribution in [2.75, 3.05) is 4.90 Å². The van der Waals surface area contributed by atoms with E-state index in [0.717, 1.165) is 27.1 Å². The van der Waals surface area contributed by atoms with Crippen LogP contribution in [0.4, 0.5) is 5.69 Å². The molecule has 0 fully saturated rings. The van der Waals surface area contributed by atoms with E-state index in [9.17, 15) is 9.59 Å². The van der Waals surface area contributed by atoms with Gasteiger partial charge in [-0.25, -0.2) is 4.90 Å². The maximum atomic E-state index is 13.5. The van der Waals surface area contributed by atoms with E-state index in [0.29, 0.717) is 21.2 Å². The molecule has 0 spiro atoms. The Morgan fingerprint density at radius 3 is 2.03 bits per heavy atom. The van der Waals surface area contributed by atoms with Crippen LogP contribution in [0, 0.1) is 20.8 Å². The minimum absolute atomic E-state index is 0.299. The van der Waals surface area contributed by atoms with E-state index in [2.05, 4.69) is 0 Å². The van der Waals surface area contributed by atoms with Crippen molar-refractivity contribution in [3.05, 3.63) is 98.9 Å². The van der Waals surface area contributed by atoms with E-state index in [1.54, 1.807) is 12.1 Å². The Morgan fingerprint density at radius 2 is 1.40 bits per heavy atom. The van der Waals surface area contributed by atoms with Gasteiger partial charge < -0.3 is 0 Å². The highest BCUT2D eigenvalue weighted by Gasteiger charge is 2.41. The van der Waals surface area contributed by atoms with Gasteiger partial charge in [-0.05, 0) is 62.2 Å². The fourth-order valence-corrected chi connectivity index (χ4v) is 4.59. The summed E-state index contributed by atoms with van der Waals surface area (Å²) in [6.07, 6.45) is 0. The van der Waals surface area contributed by atoms with Crippen LogP contribution in [-0.4, -0.2) is 11.8 Å². The van der Waals surface area contributed by atoms with Crippen LogP contribution in [0.2, 0.25) is 5.02 Å². The Balaban J connectivity index is 1.83. The first-order valence-electron chi connectivity index (χ1n) is 9.56. The molecule has 0 atom stereocenters. The molecule has 0 saturated carbocycles. The highest BCUT2D eigenvalue weighted by Crippen LogP contribution is 2.42. The maximum Gasteiger partial charge on any atom is 0.272 e. The standard InChI is InChI=1S/C25H20ClNO2S/c1-15-4-7-18(8-5-15)22-23(30-20-11-9-19(26)10-12-20)25(29)27(24(22)28)21-13-6-16(2)14-17(21)3/h4-14H,1-3H3. The van der Waals surface area contributed by atoms with Gasteiger partial charge in [0.15, 0.2) is 0 Å². The largest absolute Gasteiger partial charge is 0.272 e. The molecule has 0 aliphatic carbocycles. The lowest BCUT2D eigenvalue weighted by atomic mass is 10.0. The predicted octanol–water partition coefficient (Wildman–Crippen LogP) is 6.34. The van der Waals surface area contributed by atoms with Crippen molar-refractivity contribution in [2.45, 2.75) is 25.7 Å². The van der Waals surface area contributed by atoms with Gasteiger partial charge in [0, 0.05) is 9.92 Å². The number of hydrogen-bond donors (Lipinski definition) is 0. The minimum atomic E-state index is -0.303. The molecule has 0 N–H and O–H groups in total. The zero-order chi connectivity index (χ0) is 21.4. The van der Waals surface area contributed by atoms with Gasteiger partial charge in [0.05, 0.1) is 16.2 Å². The fraction of sp³-hybridized carbons (Fsp3) is 0.120. The summed E-state index contributed by atoms with van der Waals surface area (Å²) in [5.74, 6) is -0.602. The number of benzene rings is 3. The van der Waals surface area contributed by atoms with Gasteiger partial charge in [0.25, 0.3) is 11.8 Å². The maximum absolute atomic E-state index is 13.5. The number of amides is 2. The molecular formula is C25H20ClNO2S. The molecule has 2 amide bonds. The first kappa shape index (κ1) is 20.5. The third-order valence-corrected chi connectivity index (χ3v) is 6.35.